The summed E-state index contributed by atoms with van der Waals surface area (Å²) in [6.45, 7) is 11.8. The molecule has 1 N–H and O–H groups in total. The molecule has 0 fully saturated rings. The van der Waals surface area contributed by atoms with Gasteiger partial charge in [0.05, 0.1) is 0 Å². The van der Waals surface area contributed by atoms with Gasteiger partial charge in [-0.25, -0.2) is 9.37 Å². The third-order valence-electron chi connectivity index (χ3n) is 5.43. The van der Waals surface area contributed by atoms with Gasteiger partial charge in [0.1, 0.15) is 17.8 Å². The van der Waals surface area contributed by atoms with E-state index in [4.69, 9.17) is 4.42 Å². The van der Waals surface area contributed by atoms with Crippen LogP contribution >= 0.6 is 0 Å². The van der Waals surface area contributed by atoms with Crippen LogP contribution in [0.2, 0.25) is 0 Å². The summed E-state index contributed by atoms with van der Waals surface area (Å²) in [4.78, 5) is 4.50. The Bertz CT molecular complexity index is 876. The minimum atomic E-state index is -0.280. The molecule has 0 saturated carbocycles. The molecule has 3 rings (SSSR count). The van der Waals surface area contributed by atoms with Crippen LogP contribution in [0.4, 0.5) is 4.39 Å². The van der Waals surface area contributed by atoms with Crippen molar-refractivity contribution in [2.24, 2.45) is 0 Å². The van der Waals surface area contributed by atoms with Crippen LogP contribution in [-0.2, 0) is 0 Å². The van der Waals surface area contributed by atoms with Crippen LogP contribution in [0.25, 0.3) is 17.0 Å². The van der Waals surface area contributed by atoms with Gasteiger partial charge in [0, 0.05) is 11.1 Å². The third-order valence-corrected chi connectivity index (χ3v) is 5.43. The number of rotatable bonds is 6. The van der Waals surface area contributed by atoms with Gasteiger partial charge in [-0.1, -0.05) is 38.2 Å². The van der Waals surface area contributed by atoms with E-state index in [0.717, 1.165) is 36.9 Å². The fourth-order valence-electron chi connectivity index (χ4n) is 3.51. The molecule has 1 aliphatic rings. The molecule has 1 aliphatic heterocycles. The number of halogens is 1. The molecule has 0 amide bonds. The number of hydrogen-bond acceptors (Lipinski definition) is 3. The average molecular weight is 366 g/mol. The first-order chi connectivity index (χ1) is 13.0. The van der Waals surface area contributed by atoms with Crippen molar-refractivity contribution >= 4 is 5.57 Å². The lowest BCUT2D eigenvalue weighted by atomic mass is 9.80. The molecular formula is C23H27FN2O. The Morgan fingerprint density at radius 1 is 1.33 bits per heavy atom. The van der Waals surface area contributed by atoms with Crippen molar-refractivity contribution in [1.29, 1.82) is 0 Å². The largest absolute Gasteiger partial charge is 0.444 e. The summed E-state index contributed by atoms with van der Waals surface area (Å²) in [5.41, 5.74) is 5.05. The van der Waals surface area contributed by atoms with E-state index in [0.29, 0.717) is 11.6 Å². The summed E-state index contributed by atoms with van der Waals surface area (Å²) >= 11 is 0. The van der Waals surface area contributed by atoms with Gasteiger partial charge in [0.25, 0.3) is 0 Å². The van der Waals surface area contributed by atoms with E-state index >= 15 is 0 Å². The molecule has 2 aromatic rings. The highest BCUT2D eigenvalue weighted by Gasteiger charge is 2.30. The van der Waals surface area contributed by atoms with E-state index in [9.17, 15) is 4.39 Å². The van der Waals surface area contributed by atoms with Crippen molar-refractivity contribution in [3.05, 3.63) is 71.9 Å². The van der Waals surface area contributed by atoms with Gasteiger partial charge in [-0.3, -0.25) is 0 Å². The Morgan fingerprint density at radius 3 is 2.74 bits per heavy atom. The Hall–Kier alpha value is -2.46. The van der Waals surface area contributed by atoms with Crippen LogP contribution in [0.1, 0.15) is 45.7 Å². The predicted molar refractivity (Wildman–Crippen MR) is 109 cm³/mol. The molecule has 3 nitrogen and oxygen atoms in total. The van der Waals surface area contributed by atoms with Gasteiger partial charge < -0.3 is 9.73 Å². The van der Waals surface area contributed by atoms with Crippen LogP contribution in [-0.4, -0.2) is 17.1 Å². The minimum Gasteiger partial charge on any atom is -0.444 e. The standard InChI is InChI=1S/C23H27FN2O/c1-5-17-13-14-25-23(4,6-2)20(17)12-7-16(3)21-15-27-22(26-21)18-8-10-19(24)11-9-18/h7-12,15,25H,3,5-6,13-14H2,1-2,4H3. The van der Waals surface area contributed by atoms with E-state index in [1.807, 2.05) is 6.08 Å². The Balaban J connectivity index is 1.82. The van der Waals surface area contributed by atoms with Gasteiger partial charge >= 0.3 is 0 Å². The lowest BCUT2D eigenvalue weighted by Gasteiger charge is -2.37. The molecule has 0 bridgehead atoms. The fraction of sp³-hybridized carbons (Fsp3) is 0.348. The lowest BCUT2D eigenvalue weighted by Crippen LogP contribution is -2.47. The highest BCUT2D eigenvalue weighted by Crippen LogP contribution is 2.32. The van der Waals surface area contributed by atoms with E-state index in [1.54, 1.807) is 18.4 Å². The Labute approximate surface area is 160 Å². The summed E-state index contributed by atoms with van der Waals surface area (Å²) in [6.07, 6.45) is 8.94. The number of benzene rings is 1. The molecule has 1 aromatic carbocycles. The highest BCUT2D eigenvalue weighted by molar-refractivity contribution is 5.71. The lowest BCUT2D eigenvalue weighted by molar-refractivity contribution is 0.385. The van der Waals surface area contributed by atoms with Gasteiger partial charge in [-0.05, 0) is 68.1 Å². The van der Waals surface area contributed by atoms with Crippen LogP contribution < -0.4 is 5.32 Å². The molecule has 0 radical (unpaired) electrons. The number of nitrogens with one attached hydrogen (secondary N) is 1. The summed E-state index contributed by atoms with van der Waals surface area (Å²) in [5.74, 6) is 0.184. The van der Waals surface area contributed by atoms with Crippen molar-refractivity contribution in [1.82, 2.24) is 10.3 Å². The van der Waals surface area contributed by atoms with Crippen molar-refractivity contribution in [3.63, 3.8) is 0 Å². The summed E-state index contributed by atoms with van der Waals surface area (Å²) in [5, 5.41) is 3.65. The van der Waals surface area contributed by atoms with Gasteiger partial charge in [-0.2, -0.15) is 0 Å². The smallest absolute Gasteiger partial charge is 0.226 e. The van der Waals surface area contributed by atoms with E-state index in [2.05, 4.69) is 43.7 Å². The number of nitrogens with zero attached hydrogens (tertiary/aromatic N) is 1. The fourth-order valence-corrected chi connectivity index (χ4v) is 3.51. The number of hydrogen-bond donors (Lipinski definition) is 1. The summed E-state index contributed by atoms with van der Waals surface area (Å²) in [7, 11) is 0. The van der Waals surface area contributed by atoms with Crippen LogP contribution in [0.15, 0.2) is 64.8 Å². The first kappa shape index (κ1) is 19.3. The van der Waals surface area contributed by atoms with Crippen molar-refractivity contribution in [2.75, 3.05) is 6.54 Å². The van der Waals surface area contributed by atoms with E-state index in [1.165, 1.54) is 23.3 Å². The van der Waals surface area contributed by atoms with Crippen molar-refractivity contribution in [2.45, 2.75) is 45.6 Å². The zero-order chi connectivity index (χ0) is 19.4. The maximum atomic E-state index is 13.1. The second kappa shape index (κ2) is 8.05. The molecule has 142 valence electrons. The molecule has 0 spiro atoms. The summed E-state index contributed by atoms with van der Waals surface area (Å²) in [6, 6.07) is 6.10. The second-order valence-corrected chi connectivity index (χ2v) is 7.14. The minimum absolute atomic E-state index is 0.0104. The molecule has 27 heavy (non-hydrogen) atoms. The van der Waals surface area contributed by atoms with Crippen molar-refractivity contribution < 1.29 is 8.81 Å². The predicted octanol–water partition coefficient (Wildman–Crippen LogP) is 5.92. The third kappa shape index (κ3) is 4.11. The second-order valence-electron chi connectivity index (χ2n) is 7.14. The van der Waals surface area contributed by atoms with Gasteiger partial charge in [0.2, 0.25) is 5.89 Å². The first-order valence-electron chi connectivity index (χ1n) is 9.53. The molecule has 0 saturated heterocycles. The molecule has 2 heterocycles. The molecule has 1 unspecified atom stereocenters. The van der Waals surface area contributed by atoms with Crippen LogP contribution in [0, 0.1) is 5.82 Å². The molecule has 1 atom stereocenters. The zero-order valence-electron chi connectivity index (χ0n) is 16.3. The zero-order valence-corrected chi connectivity index (χ0v) is 16.3. The molecule has 1 aromatic heterocycles. The van der Waals surface area contributed by atoms with Gasteiger partial charge in [-0.15, -0.1) is 0 Å². The maximum Gasteiger partial charge on any atom is 0.226 e. The molecule has 4 heteroatoms. The highest BCUT2D eigenvalue weighted by atomic mass is 19.1. The number of allylic oxidation sites excluding steroid dienone is 2. The SMILES string of the molecule is C=C(C=CC1=C(CC)CCNC1(C)CC)c1coc(-c2ccc(F)cc2)n1. The monoisotopic (exact) mass is 366 g/mol. The van der Waals surface area contributed by atoms with Crippen LogP contribution in [0.3, 0.4) is 0 Å². The molecular weight excluding hydrogens is 339 g/mol. The normalized spacial score (nSPS) is 20.4. The molecule has 0 aliphatic carbocycles. The van der Waals surface area contributed by atoms with Gasteiger partial charge in [0.15, 0.2) is 0 Å². The maximum absolute atomic E-state index is 13.1. The Kier molecular flexibility index (Phi) is 5.76. The average Bonchev–Trinajstić information content (AvgIpc) is 3.17. The van der Waals surface area contributed by atoms with E-state index in [-0.39, 0.29) is 11.4 Å². The first-order valence-corrected chi connectivity index (χ1v) is 9.53. The van der Waals surface area contributed by atoms with E-state index < -0.39 is 0 Å². The van der Waals surface area contributed by atoms with Crippen molar-refractivity contribution in [3.8, 4) is 11.5 Å². The number of oxazole rings is 1. The van der Waals surface area contributed by atoms with Crippen LogP contribution in [0.5, 0.6) is 0 Å². The topological polar surface area (TPSA) is 38.1 Å². The number of aromatic nitrogens is 1. The summed E-state index contributed by atoms with van der Waals surface area (Å²) < 4.78 is 18.6. The Morgan fingerprint density at radius 2 is 2.07 bits per heavy atom. The quantitative estimate of drug-likeness (QED) is 0.645.